The molecule has 1 nitrogen and oxygen atoms in total. The summed E-state index contributed by atoms with van der Waals surface area (Å²) in [7, 11) is 0. The molecule has 1 N–H and O–H groups in total. The van der Waals surface area contributed by atoms with Crippen LogP contribution >= 0.6 is 11.6 Å². The summed E-state index contributed by atoms with van der Waals surface area (Å²) >= 11 is 6.04. The summed E-state index contributed by atoms with van der Waals surface area (Å²) in [6.07, 6.45) is 3.27. The van der Waals surface area contributed by atoms with E-state index in [0.717, 1.165) is 34.6 Å². The summed E-state index contributed by atoms with van der Waals surface area (Å²) in [5.41, 5.74) is 3.21. The van der Waals surface area contributed by atoms with E-state index in [1.165, 1.54) is 6.42 Å². The molecule has 15 heavy (non-hydrogen) atoms. The number of benzene rings is 1. The fourth-order valence-electron chi connectivity index (χ4n) is 2.13. The van der Waals surface area contributed by atoms with E-state index >= 15 is 0 Å². The third kappa shape index (κ3) is 2.04. The molecule has 2 heteroatoms. The Bertz CT molecular complexity index is 369. The number of rotatable bonds is 2. The van der Waals surface area contributed by atoms with Crippen LogP contribution in [-0.2, 0) is 0 Å². The van der Waals surface area contributed by atoms with Crippen molar-refractivity contribution in [1.29, 1.82) is 0 Å². The number of aryl methyl sites for hydroxylation is 2. The number of aliphatic hydroxyl groups is 1. The number of halogens is 1. The molecule has 0 bridgehead atoms. The van der Waals surface area contributed by atoms with Crippen LogP contribution in [0, 0.1) is 19.8 Å². The molecule has 1 aliphatic rings. The van der Waals surface area contributed by atoms with E-state index in [2.05, 4.69) is 0 Å². The molecule has 1 fully saturated rings. The molecule has 0 aliphatic heterocycles. The van der Waals surface area contributed by atoms with Crippen LogP contribution in [0.2, 0.25) is 5.02 Å². The first-order valence-electron chi connectivity index (χ1n) is 5.54. The Morgan fingerprint density at radius 3 is 2.47 bits per heavy atom. The van der Waals surface area contributed by atoms with E-state index in [-0.39, 0.29) is 6.10 Å². The first kappa shape index (κ1) is 11.0. The highest BCUT2D eigenvalue weighted by Gasteiger charge is 2.27. The van der Waals surface area contributed by atoms with Crippen molar-refractivity contribution in [3.63, 3.8) is 0 Å². The van der Waals surface area contributed by atoms with E-state index in [4.69, 9.17) is 11.6 Å². The lowest BCUT2D eigenvalue weighted by Crippen LogP contribution is -2.20. The predicted octanol–water partition coefficient (Wildman–Crippen LogP) is 3.79. The van der Waals surface area contributed by atoms with Gasteiger partial charge < -0.3 is 5.11 Å². The Morgan fingerprint density at radius 1 is 1.27 bits per heavy atom. The van der Waals surface area contributed by atoms with Gasteiger partial charge in [0.15, 0.2) is 0 Å². The fraction of sp³-hybridized carbons (Fsp3) is 0.538. The molecule has 1 atom stereocenters. The molecule has 0 spiro atoms. The second kappa shape index (κ2) is 4.15. The van der Waals surface area contributed by atoms with Gasteiger partial charge in [0.05, 0.1) is 6.10 Å². The zero-order valence-corrected chi connectivity index (χ0v) is 10.0. The van der Waals surface area contributed by atoms with E-state index in [1.807, 2.05) is 26.0 Å². The van der Waals surface area contributed by atoms with Gasteiger partial charge in [-0.25, -0.2) is 0 Å². The van der Waals surface area contributed by atoms with Gasteiger partial charge in [0.2, 0.25) is 0 Å². The standard InChI is InChI=1S/C13H17ClO/c1-8-7-12(14)9(2)6-11(8)13(15)10-4-3-5-10/h6-7,10,13,15H,3-5H2,1-2H3. The molecule has 82 valence electrons. The van der Waals surface area contributed by atoms with Crippen LogP contribution < -0.4 is 0 Å². The van der Waals surface area contributed by atoms with Crippen LogP contribution in [0.4, 0.5) is 0 Å². The SMILES string of the molecule is Cc1cc(C(O)C2CCC2)c(C)cc1Cl. The second-order valence-corrected chi connectivity index (χ2v) is 5.00. The van der Waals surface area contributed by atoms with E-state index < -0.39 is 0 Å². The Balaban J connectivity index is 2.30. The van der Waals surface area contributed by atoms with Crippen LogP contribution in [-0.4, -0.2) is 5.11 Å². The van der Waals surface area contributed by atoms with Gasteiger partial charge in [-0.15, -0.1) is 0 Å². The molecule has 1 aromatic carbocycles. The predicted molar refractivity (Wildman–Crippen MR) is 63.2 cm³/mol. The van der Waals surface area contributed by atoms with Crippen LogP contribution in [0.25, 0.3) is 0 Å². The van der Waals surface area contributed by atoms with Crippen molar-refractivity contribution < 1.29 is 5.11 Å². The lowest BCUT2D eigenvalue weighted by atomic mass is 9.78. The summed E-state index contributed by atoms with van der Waals surface area (Å²) in [6, 6.07) is 3.98. The normalized spacial score (nSPS) is 18.7. The minimum absolute atomic E-state index is 0.297. The van der Waals surface area contributed by atoms with Gasteiger partial charge in [0.1, 0.15) is 0 Å². The van der Waals surface area contributed by atoms with Gasteiger partial charge in [-0.1, -0.05) is 24.1 Å². The smallest absolute Gasteiger partial charge is 0.0820 e. The van der Waals surface area contributed by atoms with Crippen LogP contribution in [0.5, 0.6) is 0 Å². The first-order valence-corrected chi connectivity index (χ1v) is 5.92. The highest BCUT2D eigenvalue weighted by molar-refractivity contribution is 6.31. The molecule has 0 saturated heterocycles. The third-order valence-electron chi connectivity index (χ3n) is 3.46. The van der Waals surface area contributed by atoms with Gasteiger partial charge in [0.25, 0.3) is 0 Å². The molecule has 1 aromatic rings. The minimum atomic E-state index is -0.297. The summed E-state index contributed by atoms with van der Waals surface area (Å²) in [4.78, 5) is 0. The first-order chi connectivity index (χ1) is 7.09. The highest BCUT2D eigenvalue weighted by atomic mass is 35.5. The second-order valence-electron chi connectivity index (χ2n) is 4.59. The Labute approximate surface area is 96.1 Å². The highest BCUT2D eigenvalue weighted by Crippen LogP contribution is 2.39. The Kier molecular flexibility index (Phi) is 3.03. The molecular formula is C13H17ClO. The number of hydrogen-bond donors (Lipinski definition) is 1. The maximum atomic E-state index is 10.2. The van der Waals surface area contributed by atoms with E-state index in [9.17, 15) is 5.11 Å². The van der Waals surface area contributed by atoms with Gasteiger partial charge in [-0.2, -0.15) is 0 Å². The molecule has 1 aliphatic carbocycles. The molecule has 0 radical (unpaired) electrons. The Morgan fingerprint density at radius 2 is 1.93 bits per heavy atom. The van der Waals surface area contributed by atoms with Gasteiger partial charge in [0, 0.05) is 5.02 Å². The molecule has 0 amide bonds. The average Bonchev–Trinajstić information content (AvgIpc) is 2.08. The lowest BCUT2D eigenvalue weighted by molar-refractivity contribution is 0.0616. The van der Waals surface area contributed by atoms with Crippen molar-refractivity contribution in [3.05, 3.63) is 33.8 Å². The number of aliphatic hydroxyl groups excluding tert-OH is 1. The topological polar surface area (TPSA) is 20.2 Å². The van der Waals surface area contributed by atoms with Crippen molar-refractivity contribution in [2.45, 2.75) is 39.2 Å². The van der Waals surface area contributed by atoms with E-state index in [1.54, 1.807) is 0 Å². The van der Waals surface area contributed by atoms with Crippen molar-refractivity contribution in [2.24, 2.45) is 5.92 Å². The zero-order chi connectivity index (χ0) is 11.0. The van der Waals surface area contributed by atoms with Crippen molar-refractivity contribution in [3.8, 4) is 0 Å². The zero-order valence-electron chi connectivity index (χ0n) is 9.26. The van der Waals surface area contributed by atoms with Gasteiger partial charge in [-0.05, 0) is 55.4 Å². The summed E-state index contributed by atoms with van der Waals surface area (Å²) in [5, 5.41) is 11.0. The average molecular weight is 225 g/mol. The number of hydrogen-bond acceptors (Lipinski definition) is 1. The van der Waals surface area contributed by atoms with Crippen LogP contribution in [0.3, 0.4) is 0 Å². The largest absolute Gasteiger partial charge is 0.388 e. The van der Waals surface area contributed by atoms with Gasteiger partial charge >= 0.3 is 0 Å². The van der Waals surface area contributed by atoms with E-state index in [0.29, 0.717) is 5.92 Å². The molecule has 1 saturated carbocycles. The quantitative estimate of drug-likeness (QED) is 0.811. The van der Waals surface area contributed by atoms with Crippen LogP contribution in [0.1, 0.15) is 42.1 Å². The maximum absolute atomic E-state index is 10.2. The molecule has 2 rings (SSSR count). The summed E-state index contributed by atoms with van der Waals surface area (Å²) < 4.78 is 0. The van der Waals surface area contributed by atoms with Crippen molar-refractivity contribution >= 4 is 11.6 Å². The fourth-order valence-corrected chi connectivity index (χ4v) is 2.35. The monoisotopic (exact) mass is 224 g/mol. The summed E-state index contributed by atoms with van der Waals surface area (Å²) in [5.74, 6) is 0.462. The molecule has 0 heterocycles. The molecule has 0 aromatic heterocycles. The van der Waals surface area contributed by atoms with Crippen LogP contribution in [0.15, 0.2) is 12.1 Å². The Hall–Kier alpha value is -0.530. The van der Waals surface area contributed by atoms with Crippen molar-refractivity contribution in [2.75, 3.05) is 0 Å². The molecular weight excluding hydrogens is 208 g/mol. The maximum Gasteiger partial charge on any atom is 0.0820 e. The lowest BCUT2D eigenvalue weighted by Gasteiger charge is -2.31. The molecule has 1 unspecified atom stereocenters. The minimum Gasteiger partial charge on any atom is -0.388 e. The third-order valence-corrected chi connectivity index (χ3v) is 3.87. The van der Waals surface area contributed by atoms with Crippen molar-refractivity contribution in [1.82, 2.24) is 0 Å². The van der Waals surface area contributed by atoms with Gasteiger partial charge in [-0.3, -0.25) is 0 Å². The summed E-state index contributed by atoms with van der Waals surface area (Å²) in [6.45, 7) is 4.00.